The van der Waals surface area contributed by atoms with Crippen molar-refractivity contribution in [1.29, 1.82) is 0 Å². The second-order valence-electron chi connectivity index (χ2n) is 3.09. The summed E-state index contributed by atoms with van der Waals surface area (Å²) in [5.41, 5.74) is 0. The van der Waals surface area contributed by atoms with Crippen LogP contribution in [0.3, 0.4) is 0 Å². The zero-order chi connectivity index (χ0) is 10.6. The van der Waals surface area contributed by atoms with E-state index in [0.29, 0.717) is 0 Å². The van der Waals surface area contributed by atoms with E-state index >= 15 is 0 Å². The van der Waals surface area contributed by atoms with Crippen molar-refractivity contribution in [2.24, 2.45) is 11.1 Å². The van der Waals surface area contributed by atoms with Crippen LogP contribution in [-0.2, 0) is 15.0 Å². The molecule has 0 heterocycles. The quantitative estimate of drug-likeness (QED) is 0.675. The average Bonchev–Trinajstić information content (AvgIpc) is 1.96. The highest BCUT2D eigenvalue weighted by molar-refractivity contribution is 7.86. The molecule has 2 N–H and O–H groups in total. The first-order chi connectivity index (χ1) is 5.79. The van der Waals surface area contributed by atoms with E-state index in [0.717, 1.165) is 4.31 Å². The van der Waals surface area contributed by atoms with E-state index in [1.165, 1.54) is 0 Å². The van der Waals surface area contributed by atoms with E-state index in [4.69, 9.17) is 5.14 Å². The van der Waals surface area contributed by atoms with Gasteiger partial charge in [-0.2, -0.15) is 12.7 Å². The lowest BCUT2D eigenvalue weighted by Gasteiger charge is -2.17. The van der Waals surface area contributed by atoms with Gasteiger partial charge < -0.3 is 0 Å². The van der Waals surface area contributed by atoms with Gasteiger partial charge in [-0.15, -0.1) is 0 Å². The molecule has 0 fully saturated rings. The number of ketones is 1. The summed E-state index contributed by atoms with van der Waals surface area (Å²) in [6.07, 6.45) is 0. The van der Waals surface area contributed by atoms with E-state index in [2.05, 4.69) is 0 Å². The van der Waals surface area contributed by atoms with Gasteiger partial charge in [0.05, 0.1) is 6.54 Å². The monoisotopic (exact) mass is 208 g/mol. The van der Waals surface area contributed by atoms with Crippen LogP contribution in [-0.4, -0.2) is 31.6 Å². The Morgan fingerprint density at radius 3 is 2.15 bits per heavy atom. The molecule has 6 heteroatoms. The number of carbonyl (C=O) groups is 1. The molecule has 0 aliphatic heterocycles. The molecule has 0 aromatic rings. The second kappa shape index (κ2) is 4.69. The molecule has 0 aliphatic rings. The lowest BCUT2D eigenvalue weighted by atomic mass is 10.1. The van der Waals surface area contributed by atoms with E-state index in [-0.39, 0.29) is 24.8 Å². The first-order valence-corrected chi connectivity index (χ1v) is 5.60. The molecule has 0 rings (SSSR count). The fraction of sp³-hybridized carbons (Fsp3) is 0.857. The molecule has 0 radical (unpaired) electrons. The Morgan fingerprint density at radius 2 is 1.92 bits per heavy atom. The third-order valence-corrected chi connectivity index (χ3v) is 2.80. The zero-order valence-electron chi connectivity index (χ0n) is 8.15. The maximum absolute atomic E-state index is 11.2. The van der Waals surface area contributed by atoms with E-state index in [1.807, 2.05) is 0 Å². The number of carbonyl (C=O) groups excluding carboxylic acids is 1. The molecular formula is C7H16N2O3S. The summed E-state index contributed by atoms with van der Waals surface area (Å²) in [6, 6.07) is 0. The van der Waals surface area contributed by atoms with Crippen LogP contribution < -0.4 is 5.14 Å². The molecule has 0 atom stereocenters. The van der Waals surface area contributed by atoms with Crippen LogP contribution in [0.4, 0.5) is 0 Å². The van der Waals surface area contributed by atoms with Gasteiger partial charge in [0, 0.05) is 12.5 Å². The first kappa shape index (κ1) is 12.5. The Balaban J connectivity index is 4.41. The third-order valence-electron chi connectivity index (χ3n) is 1.69. The maximum Gasteiger partial charge on any atom is 0.277 e. The largest absolute Gasteiger partial charge is 0.298 e. The van der Waals surface area contributed by atoms with Gasteiger partial charge in [-0.05, 0) is 0 Å². The Bertz CT molecular complexity index is 271. The predicted molar refractivity (Wildman–Crippen MR) is 50.2 cm³/mol. The van der Waals surface area contributed by atoms with Gasteiger partial charge in [-0.1, -0.05) is 20.8 Å². The van der Waals surface area contributed by atoms with Crippen molar-refractivity contribution in [2.45, 2.75) is 20.8 Å². The number of nitrogens with zero attached hydrogens (tertiary/aromatic N) is 1. The molecule has 0 saturated carbocycles. The van der Waals surface area contributed by atoms with Gasteiger partial charge >= 0.3 is 0 Å². The highest BCUT2D eigenvalue weighted by Gasteiger charge is 2.19. The highest BCUT2D eigenvalue weighted by Crippen LogP contribution is 2.00. The van der Waals surface area contributed by atoms with E-state index < -0.39 is 10.2 Å². The third kappa shape index (κ3) is 4.35. The van der Waals surface area contributed by atoms with Gasteiger partial charge in [0.15, 0.2) is 5.78 Å². The number of hydrogen-bond donors (Lipinski definition) is 1. The van der Waals surface area contributed by atoms with Gasteiger partial charge in [-0.25, -0.2) is 5.14 Å². The van der Waals surface area contributed by atoms with Crippen LogP contribution >= 0.6 is 0 Å². The minimum atomic E-state index is -3.73. The minimum absolute atomic E-state index is 0.129. The molecule has 13 heavy (non-hydrogen) atoms. The standard InChI is InChI=1S/C7H16N2O3S/c1-4-9(13(8,11)12)5-7(10)6(2)3/h6H,4-5H2,1-3H3,(H2,8,11,12). The Labute approximate surface area is 79.1 Å². The number of likely N-dealkylation sites (N-methyl/N-ethyl adjacent to an activating group) is 1. The molecule has 0 aliphatic carbocycles. The maximum atomic E-state index is 11.2. The van der Waals surface area contributed by atoms with Crippen molar-refractivity contribution in [3.63, 3.8) is 0 Å². The summed E-state index contributed by atoms with van der Waals surface area (Å²) in [6.45, 7) is 5.17. The fourth-order valence-electron chi connectivity index (χ4n) is 0.738. The predicted octanol–water partition coefficient (Wildman–Crippen LogP) is -0.263. The Kier molecular flexibility index (Phi) is 4.52. The summed E-state index contributed by atoms with van der Waals surface area (Å²) in [5.74, 6) is -0.299. The highest BCUT2D eigenvalue weighted by atomic mass is 32.2. The van der Waals surface area contributed by atoms with E-state index in [9.17, 15) is 13.2 Å². The van der Waals surface area contributed by atoms with Gasteiger partial charge in [-0.3, -0.25) is 4.79 Å². The Hall–Kier alpha value is -0.460. The molecular weight excluding hydrogens is 192 g/mol. The van der Waals surface area contributed by atoms with Gasteiger partial charge in [0.1, 0.15) is 0 Å². The van der Waals surface area contributed by atoms with Crippen molar-refractivity contribution in [1.82, 2.24) is 4.31 Å². The van der Waals surface area contributed by atoms with Crippen LogP contribution in [0.2, 0.25) is 0 Å². The topological polar surface area (TPSA) is 80.5 Å². The number of nitrogens with two attached hydrogens (primary N) is 1. The molecule has 0 aromatic carbocycles. The lowest BCUT2D eigenvalue weighted by Crippen LogP contribution is -2.40. The average molecular weight is 208 g/mol. The van der Waals surface area contributed by atoms with E-state index in [1.54, 1.807) is 20.8 Å². The van der Waals surface area contributed by atoms with Gasteiger partial charge in [0.2, 0.25) is 0 Å². The number of hydrogen-bond acceptors (Lipinski definition) is 3. The van der Waals surface area contributed by atoms with Crippen molar-refractivity contribution >= 4 is 16.0 Å². The molecule has 78 valence electrons. The molecule has 0 unspecified atom stereocenters. The summed E-state index contributed by atoms with van der Waals surface area (Å²) >= 11 is 0. The summed E-state index contributed by atoms with van der Waals surface area (Å²) in [5, 5.41) is 4.88. The van der Waals surface area contributed by atoms with Crippen molar-refractivity contribution in [3.05, 3.63) is 0 Å². The SMILES string of the molecule is CCN(CC(=O)C(C)C)S(N)(=O)=O. The van der Waals surface area contributed by atoms with Crippen molar-refractivity contribution < 1.29 is 13.2 Å². The second-order valence-corrected chi connectivity index (χ2v) is 4.64. The Morgan fingerprint density at radius 1 is 1.46 bits per heavy atom. The van der Waals surface area contributed by atoms with Crippen molar-refractivity contribution in [3.8, 4) is 0 Å². The number of Topliss-reactive ketones (excluding diaryl/α,β-unsaturated/α-hetero) is 1. The van der Waals surface area contributed by atoms with Crippen molar-refractivity contribution in [2.75, 3.05) is 13.1 Å². The minimum Gasteiger partial charge on any atom is -0.298 e. The van der Waals surface area contributed by atoms with Crippen LogP contribution in [0.5, 0.6) is 0 Å². The molecule has 5 nitrogen and oxygen atoms in total. The first-order valence-electron chi connectivity index (χ1n) is 4.09. The van der Waals surface area contributed by atoms with Crippen LogP contribution in [0, 0.1) is 5.92 Å². The summed E-state index contributed by atoms with van der Waals surface area (Å²) in [4.78, 5) is 11.2. The number of rotatable bonds is 5. The van der Waals surface area contributed by atoms with Crippen LogP contribution in [0.15, 0.2) is 0 Å². The molecule has 0 amide bonds. The normalized spacial score (nSPS) is 12.5. The molecule has 0 bridgehead atoms. The van der Waals surface area contributed by atoms with Crippen LogP contribution in [0.25, 0.3) is 0 Å². The van der Waals surface area contributed by atoms with Crippen LogP contribution in [0.1, 0.15) is 20.8 Å². The zero-order valence-corrected chi connectivity index (χ0v) is 8.97. The molecule has 0 saturated heterocycles. The molecule has 0 spiro atoms. The lowest BCUT2D eigenvalue weighted by molar-refractivity contribution is -0.122. The summed E-state index contributed by atoms with van der Waals surface area (Å²) < 4.78 is 22.7. The van der Waals surface area contributed by atoms with Gasteiger partial charge in [0.25, 0.3) is 10.2 Å². The molecule has 0 aromatic heterocycles. The summed E-state index contributed by atoms with van der Waals surface area (Å²) in [7, 11) is -3.73. The smallest absolute Gasteiger partial charge is 0.277 e. The fourth-order valence-corrected chi connectivity index (χ4v) is 1.41.